The molecule has 2 rings (SSSR count). The summed E-state index contributed by atoms with van der Waals surface area (Å²) in [7, 11) is 0. The number of rotatable bonds is 4. The van der Waals surface area contributed by atoms with Crippen LogP contribution in [0.4, 0.5) is 0 Å². The summed E-state index contributed by atoms with van der Waals surface area (Å²) in [6.45, 7) is 2.52. The molecule has 1 aromatic rings. The summed E-state index contributed by atoms with van der Waals surface area (Å²) in [5.41, 5.74) is 6.03. The van der Waals surface area contributed by atoms with Gasteiger partial charge < -0.3 is 11.1 Å². The number of hydrogen-bond acceptors (Lipinski definition) is 2. The Labute approximate surface area is 102 Å². The van der Waals surface area contributed by atoms with Gasteiger partial charge in [0.05, 0.1) is 0 Å². The van der Waals surface area contributed by atoms with Crippen molar-refractivity contribution in [1.29, 1.82) is 0 Å². The molecule has 0 bridgehead atoms. The Balaban J connectivity index is 1.96. The molecule has 0 saturated heterocycles. The molecular weight excluding hydrogens is 212 g/mol. The van der Waals surface area contributed by atoms with Gasteiger partial charge in [0, 0.05) is 6.54 Å². The fourth-order valence-electron chi connectivity index (χ4n) is 2.03. The largest absolute Gasteiger partial charge is 0.354 e. The van der Waals surface area contributed by atoms with Crippen LogP contribution in [-0.2, 0) is 10.3 Å². The van der Waals surface area contributed by atoms with Crippen LogP contribution < -0.4 is 11.1 Å². The molecule has 92 valence electrons. The maximum absolute atomic E-state index is 12.1. The van der Waals surface area contributed by atoms with Crippen LogP contribution in [0.25, 0.3) is 0 Å². The SMILES string of the molecule is CC(N)(C(=O)NCC1CCC1)c1ccccc1. The predicted octanol–water partition coefficient (Wildman–Crippen LogP) is 1.78. The van der Waals surface area contributed by atoms with Crippen molar-refractivity contribution >= 4 is 5.91 Å². The smallest absolute Gasteiger partial charge is 0.244 e. The highest BCUT2D eigenvalue weighted by molar-refractivity contribution is 5.86. The summed E-state index contributed by atoms with van der Waals surface area (Å²) in [5, 5.41) is 2.96. The Morgan fingerprint density at radius 1 is 1.41 bits per heavy atom. The molecule has 0 aromatic heterocycles. The summed E-state index contributed by atoms with van der Waals surface area (Å²) in [4.78, 5) is 12.1. The molecular formula is C14H20N2O. The van der Waals surface area contributed by atoms with Crippen molar-refractivity contribution < 1.29 is 4.79 Å². The topological polar surface area (TPSA) is 55.1 Å². The summed E-state index contributed by atoms with van der Waals surface area (Å²) in [6, 6.07) is 9.51. The second kappa shape index (κ2) is 4.88. The molecule has 1 atom stereocenters. The number of amides is 1. The van der Waals surface area contributed by atoms with Gasteiger partial charge in [0.15, 0.2) is 0 Å². The van der Waals surface area contributed by atoms with E-state index in [1.54, 1.807) is 6.92 Å². The van der Waals surface area contributed by atoms with Gasteiger partial charge in [-0.25, -0.2) is 0 Å². The van der Waals surface area contributed by atoms with Crippen molar-refractivity contribution in [2.75, 3.05) is 6.54 Å². The summed E-state index contributed by atoms with van der Waals surface area (Å²) in [6.07, 6.45) is 3.75. The van der Waals surface area contributed by atoms with E-state index in [4.69, 9.17) is 5.73 Å². The van der Waals surface area contributed by atoms with Crippen molar-refractivity contribution in [3.63, 3.8) is 0 Å². The predicted molar refractivity (Wildman–Crippen MR) is 68.3 cm³/mol. The van der Waals surface area contributed by atoms with E-state index >= 15 is 0 Å². The van der Waals surface area contributed by atoms with Gasteiger partial charge in [-0.3, -0.25) is 4.79 Å². The van der Waals surface area contributed by atoms with E-state index in [0.29, 0.717) is 5.92 Å². The number of hydrogen-bond donors (Lipinski definition) is 2. The summed E-state index contributed by atoms with van der Waals surface area (Å²) < 4.78 is 0. The quantitative estimate of drug-likeness (QED) is 0.831. The zero-order chi connectivity index (χ0) is 12.3. The molecule has 1 saturated carbocycles. The van der Waals surface area contributed by atoms with E-state index in [9.17, 15) is 4.79 Å². The number of nitrogens with two attached hydrogens (primary N) is 1. The molecule has 3 nitrogen and oxygen atoms in total. The molecule has 0 heterocycles. The monoisotopic (exact) mass is 232 g/mol. The highest BCUT2D eigenvalue weighted by Gasteiger charge is 2.31. The van der Waals surface area contributed by atoms with Gasteiger partial charge in [-0.2, -0.15) is 0 Å². The van der Waals surface area contributed by atoms with Gasteiger partial charge in [0.1, 0.15) is 5.54 Å². The fraction of sp³-hybridized carbons (Fsp3) is 0.500. The maximum Gasteiger partial charge on any atom is 0.244 e. The Bertz CT molecular complexity index is 382. The lowest BCUT2D eigenvalue weighted by Crippen LogP contribution is -2.50. The highest BCUT2D eigenvalue weighted by Crippen LogP contribution is 2.25. The Kier molecular flexibility index (Phi) is 3.48. The minimum Gasteiger partial charge on any atom is -0.354 e. The lowest BCUT2D eigenvalue weighted by Gasteiger charge is -2.29. The lowest BCUT2D eigenvalue weighted by atomic mass is 9.85. The molecule has 1 fully saturated rings. The zero-order valence-corrected chi connectivity index (χ0v) is 10.3. The Morgan fingerprint density at radius 3 is 2.59 bits per heavy atom. The van der Waals surface area contributed by atoms with Crippen molar-refractivity contribution in [3.8, 4) is 0 Å². The summed E-state index contributed by atoms with van der Waals surface area (Å²) in [5.74, 6) is 0.570. The third-order valence-corrected chi connectivity index (χ3v) is 3.62. The van der Waals surface area contributed by atoms with Crippen molar-refractivity contribution in [2.45, 2.75) is 31.7 Å². The number of carbonyl (C=O) groups is 1. The first kappa shape index (κ1) is 12.1. The Morgan fingerprint density at radius 2 is 2.06 bits per heavy atom. The second-order valence-electron chi connectivity index (χ2n) is 5.08. The van der Waals surface area contributed by atoms with Gasteiger partial charge in [-0.15, -0.1) is 0 Å². The van der Waals surface area contributed by atoms with E-state index in [-0.39, 0.29) is 5.91 Å². The molecule has 1 unspecified atom stereocenters. The van der Waals surface area contributed by atoms with Gasteiger partial charge in [0.2, 0.25) is 5.91 Å². The van der Waals surface area contributed by atoms with Crippen molar-refractivity contribution in [1.82, 2.24) is 5.32 Å². The van der Waals surface area contributed by atoms with E-state index < -0.39 is 5.54 Å². The van der Waals surface area contributed by atoms with Crippen LogP contribution in [0, 0.1) is 5.92 Å². The standard InChI is InChI=1S/C14H20N2O/c1-14(15,12-8-3-2-4-9-12)13(17)16-10-11-6-5-7-11/h2-4,8-9,11H,5-7,10,15H2,1H3,(H,16,17). The third kappa shape index (κ3) is 2.67. The molecule has 0 aliphatic heterocycles. The molecule has 17 heavy (non-hydrogen) atoms. The van der Waals surface area contributed by atoms with E-state index in [1.807, 2.05) is 30.3 Å². The average molecular weight is 232 g/mol. The number of nitrogens with one attached hydrogen (secondary N) is 1. The summed E-state index contributed by atoms with van der Waals surface area (Å²) >= 11 is 0. The molecule has 1 aromatic carbocycles. The molecule has 3 N–H and O–H groups in total. The fourth-order valence-corrected chi connectivity index (χ4v) is 2.03. The minimum absolute atomic E-state index is 0.0874. The molecule has 1 aliphatic carbocycles. The van der Waals surface area contributed by atoms with Crippen molar-refractivity contribution in [3.05, 3.63) is 35.9 Å². The van der Waals surface area contributed by atoms with Crippen LogP contribution >= 0.6 is 0 Å². The van der Waals surface area contributed by atoms with E-state index in [2.05, 4.69) is 5.32 Å². The van der Waals surface area contributed by atoms with Gasteiger partial charge in [-0.05, 0) is 31.2 Å². The second-order valence-corrected chi connectivity index (χ2v) is 5.08. The lowest BCUT2D eigenvalue weighted by molar-refractivity contribution is -0.126. The maximum atomic E-state index is 12.1. The van der Waals surface area contributed by atoms with Crippen LogP contribution in [0.1, 0.15) is 31.7 Å². The van der Waals surface area contributed by atoms with E-state index in [0.717, 1.165) is 12.1 Å². The third-order valence-electron chi connectivity index (χ3n) is 3.62. The molecule has 0 spiro atoms. The van der Waals surface area contributed by atoms with E-state index in [1.165, 1.54) is 19.3 Å². The van der Waals surface area contributed by atoms with Crippen LogP contribution in [0.15, 0.2) is 30.3 Å². The van der Waals surface area contributed by atoms with Crippen LogP contribution in [0.5, 0.6) is 0 Å². The zero-order valence-electron chi connectivity index (χ0n) is 10.3. The van der Waals surface area contributed by atoms with Crippen LogP contribution in [-0.4, -0.2) is 12.5 Å². The normalized spacial score (nSPS) is 19.2. The van der Waals surface area contributed by atoms with Gasteiger partial charge in [-0.1, -0.05) is 36.8 Å². The van der Waals surface area contributed by atoms with Gasteiger partial charge in [0.25, 0.3) is 0 Å². The average Bonchev–Trinajstić information content (AvgIpc) is 2.28. The molecule has 1 aliphatic rings. The number of carbonyl (C=O) groups excluding carboxylic acids is 1. The first-order valence-electron chi connectivity index (χ1n) is 6.23. The first-order valence-corrected chi connectivity index (χ1v) is 6.23. The number of benzene rings is 1. The van der Waals surface area contributed by atoms with Crippen LogP contribution in [0.3, 0.4) is 0 Å². The molecule has 0 radical (unpaired) electrons. The van der Waals surface area contributed by atoms with Crippen LogP contribution in [0.2, 0.25) is 0 Å². The molecule has 3 heteroatoms. The first-order chi connectivity index (χ1) is 8.10. The molecule has 1 amide bonds. The highest BCUT2D eigenvalue weighted by atomic mass is 16.2. The van der Waals surface area contributed by atoms with Crippen molar-refractivity contribution in [2.24, 2.45) is 11.7 Å². The minimum atomic E-state index is -0.939. The van der Waals surface area contributed by atoms with Gasteiger partial charge >= 0.3 is 0 Å². The Hall–Kier alpha value is -1.35.